The highest BCUT2D eigenvalue weighted by atomic mass is 16.2. The summed E-state index contributed by atoms with van der Waals surface area (Å²) in [5.74, 6) is 0.692. The molecule has 38 heavy (non-hydrogen) atoms. The van der Waals surface area contributed by atoms with Crippen LogP contribution in [0.15, 0.2) is 41.3 Å². The highest BCUT2D eigenvalue weighted by Crippen LogP contribution is 2.24. The van der Waals surface area contributed by atoms with E-state index in [1.807, 2.05) is 24.3 Å². The predicted molar refractivity (Wildman–Crippen MR) is 147 cm³/mol. The van der Waals surface area contributed by atoms with Crippen molar-refractivity contribution in [3.8, 4) is 5.69 Å². The topological polar surface area (TPSA) is 152 Å². The first kappa shape index (κ1) is 27.7. The molecule has 2 heterocycles. The molecule has 11 nitrogen and oxygen atoms in total. The number of benzene rings is 1. The van der Waals surface area contributed by atoms with Crippen LogP contribution in [0.25, 0.3) is 5.69 Å². The number of hydrogen-bond donors (Lipinski definition) is 4. The summed E-state index contributed by atoms with van der Waals surface area (Å²) >= 11 is 0. The molecule has 0 spiro atoms. The van der Waals surface area contributed by atoms with Gasteiger partial charge >= 0.3 is 11.7 Å². The fraction of sp³-hybridized carbons (Fsp3) is 0.556. The van der Waals surface area contributed by atoms with Gasteiger partial charge in [0, 0.05) is 38.4 Å². The van der Waals surface area contributed by atoms with E-state index in [-0.39, 0.29) is 17.8 Å². The lowest BCUT2D eigenvalue weighted by molar-refractivity contribution is -0.137. The summed E-state index contributed by atoms with van der Waals surface area (Å²) < 4.78 is 1.45. The number of carbonyl (C=O) groups excluding carboxylic acids is 2. The minimum Gasteiger partial charge on any atom is -0.338 e. The van der Waals surface area contributed by atoms with Gasteiger partial charge in [-0.2, -0.15) is 4.98 Å². The standard InChI is InChI=1S/C27H40N8O3/c1-27(2,29)24(36)33-13-15-34(16-14-33)25(37)31-23-10-12-35(26(38)32-23)22-7-4-19(5-8-22)9-11-30-21-6-3-20(17-21)18-28/h4-5,7-8,10,12,20-21,30H,3,6,9,11,13-18,28-29H2,1-2H3,(H,31,32,37,38)/t20-,21+/m1/s1. The second-order valence-corrected chi connectivity index (χ2v) is 10.9. The Morgan fingerprint density at radius 3 is 2.34 bits per heavy atom. The molecule has 1 aromatic heterocycles. The molecule has 1 saturated carbocycles. The number of nitrogens with one attached hydrogen (secondary N) is 2. The first-order valence-corrected chi connectivity index (χ1v) is 13.4. The normalized spacial score (nSPS) is 20.0. The Balaban J connectivity index is 1.27. The van der Waals surface area contributed by atoms with Crippen molar-refractivity contribution >= 4 is 17.8 Å². The van der Waals surface area contributed by atoms with Gasteiger partial charge in [0.2, 0.25) is 5.91 Å². The highest BCUT2D eigenvalue weighted by Gasteiger charge is 2.31. The fourth-order valence-electron chi connectivity index (χ4n) is 5.10. The SMILES string of the molecule is CC(C)(N)C(=O)N1CCN(C(=O)Nc2ccn(-c3ccc(CCN[C@H]4CC[C@@H](CN)C4)cc3)c(=O)n2)CC1. The highest BCUT2D eigenvalue weighted by molar-refractivity contribution is 5.89. The zero-order valence-electron chi connectivity index (χ0n) is 22.4. The maximum absolute atomic E-state index is 12.7. The monoisotopic (exact) mass is 524 g/mol. The van der Waals surface area contributed by atoms with E-state index < -0.39 is 11.2 Å². The lowest BCUT2D eigenvalue weighted by atomic mass is 10.1. The van der Waals surface area contributed by atoms with Crippen LogP contribution in [0.1, 0.15) is 38.7 Å². The molecule has 4 rings (SSSR count). The van der Waals surface area contributed by atoms with Crippen molar-refractivity contribution in [2.75, 3.05) is 44.6 Å². The average Bonchev–Trinajstić information content (AvgIpc) is 3.36. The van der Waals surface area contributed by atoms with E-state index in [9.17, 15) is 14.4 Å². The largest absolute Gasteiger partial charge is 0.354 e. The Labute approximate surface area is 223 Å². The smallest absolute Gasteiger partial charge is 0.338 e. The van der Waals surface area contributed by atoms with E-state index in [4.69, 9.17) is 11.5 Å². The Morgan fingerprint density at radius 1 is 1.05 bits per heavy atom. The number of anilines is 1. The van der Waals surface area contributed by atoms with Crippen LogP contribution < -0.4 is 27.8 Å². The number of urea groups is 1. The van der Waals surface area contributed by atoms with Crippen molar-refractivity contribution in [3.63, 3.8) is 0 Å². The van der Waals surface area contributed by atoms with Gasteiger partial charge in [-0.25, -0.2) is 9.59 Å². The van der Waals surface area contributed by atoms with Crippen LogP contribution in [0.2, 0.25) is 0 Å². The van der Waals surface area contributed by atoms with Crippen molar-refractivity contribution in [3.05, 3.63) is 52.6 Å². The molecule has 2 atom stereocenters. The number of nitrogens with zero attached hydrogens (tertiary/aromatic N) is 4. The predicted octanol–water partition coefficient (Wildman–Crippen LogP) is 0.905. The molecule has 1 aliphatic heterocycles. The molecule has 2 aromatic rings. The molecule has 1 saturated heterocycles. The third-order valence-electron chi connectivity index (χ3n) is 7.38. The molecule has 0 bridgehead atoms. The van der Waals surface area contributed by atoms with Crippen LogP contribution in [0.4, 0.5) is 10.6 Å². The first-order valence-electron chi connectivity index (χ1n) is 13.4. The summed E-state index contributed by atoms with van der Waals surface area (Å²) in [4.78, 5) is 45.0. The maximum atomic E-state index is 12.7. The quantitative estimate of drug-likeness (QED) is 0.400. The van der Waals surface area contributed by atoms with Gasteiger partial charge in [-0.3, -0.25) is 14.7 Å². The number of aromatic nitrogens is 2. The van der Waals surface area contributed by atoms with Crippen LogP contribution in [0.5, 0.6) is 0 Å². The molecular weight excluding hydrogens is 484 g/mol. The van der Waals surface area contributed by atoms with E-state index >= 15 is 0 Å². The average molecular weight is 525 g/mol. The molecule has 3 amide bonds. The third kappa shape index (κ3) is 6.97. The molecule has 2 aliphatic rings. The van der Waals surface area contributed by atoms with Crippen molar-refractivity contribution < 1.29 is 9.59 Å². The number of piperazine rings is 1. The molecule has 1 aliphatic carbocycles. The van der Waals surface area contributed by atoms with E-state index in [1.165, 1.54) is 23.0 Å². The number of rotatable bonds is 8. The van der Waals surface area contributed by atoms with Gasteiger partial charge in [-0.1, -0.05) is 12.1 Å². The second kappa shape index (κ2) is 12.1. The van der Waals surface area contributed by atoms with Crippen molar-refractivity contribution in [1.82, 2.24) is 24.7 Å². The lowest BCUT2D eigenvalue weighted by Crippen LogP contribution is -2.58. The number of nitrogens with two attached hydrogens (primary N) is 2. The van der Waals surface area contributed by atoms with Crippen LogP contribution >= 0.6 is 0 Å². The molecule has 0 unspecified atom stereocenters. The lowest BCUT2D eigenvalue weighted by Gasteiger charge is -2.37. The van der Waals surface area contributed by atoms with E-state index in [0.29, 0.717) is 43.8 Å². The Hall–Kier alpha value is -3.28. The van der Waals surface area contributed by atoms with Crippen LogP contribution in [-0.4, -0.2) is 82.1 Å². The van der Waals surface area contributed by atoms with Gasteiger partial charge in [0.15, 0.2) is 0 Å². The molecule has 6 N–H and O–H groups in total. The Bertz CT molecular complexity index is 1170. The first-order chi connectivity index (χ1) is 18.1. The van der Waals surface area contributed by atoms with Gasteiger partial charge in [0.05, 0.1) is 11.2 Å². The van der Waals surface area contributed by atoms with Crippen molar-refractivity contribution in [2.45, 2.75) is 51.1 Å². The Morgan fingerprint density at radius 2 is 1.74 bits per heavy atom. The summed E-state index contributed by atoms with van der Waals surface area (Å²) in [6.45, 7) is 6.59. The molecule has 1 aromatic carbocycles. The van der Waals surface area contributed by atoms with Crippen LogP contribution in [0, 0.1) is 5.92 Å². The van der Waals surface area contributed by atoms with Gasteiger partial charge in [0.25, 0.3) is 0 Å². The van der Waals surface area contributed by atoms with Gasteiger partial charge in [-0.15, -0.1) is 0 Å². The summed E-state index contributed by atoms with van der Waals surface area (Å²) in [7, 11) is 0. The third-order valence-corrected chi connectivity index (χ3v) is 7.38. The van der Waals surface area contributed by atoms with E-state index in [2.05, 4.69) is 15.6 Å². The van der Waals surface area contributed by atoms with Gasteiger partial charge in [0.1, 0.15) is 5.82 Å². The zero-order chi connectivity index (χ0) is 27.3. The second-order valence-electron chi connectivity index (χ2n) is 10.9. The van der Waals surface area contributed by atoms with Crippen LogP contribution in [0.3, 0.4) is 0 Å². The molecular formula is C27H40N8O3. The Kier molecular flexibility index (Phi) is 8.80. The summed E-state index contributed by atoms with van der Waals surface area (Å²) in [6, 6.07) is 9.65. The van der Waals surface area contributed by atoms with Gasteiger partial charge in [-0.05, 0) is 82.3 Å². The fourth-order valence-corrected chi connectivity index (χ4v) is 5.10. The summed E-state index contributed by atoms with van der Waals surface area (Å²) in [5.41, 5.74) is 12.2. The van der Waals surface area contributed by atoms with Crippen molar-refractivity contribution in [1.29, 1.82) is 0 Å². The van der Waals surface area contributed by atoms with E-state index in [0.717, 1.165) is 25.9 Å². The minimum atomic E-state index is -0.945. The molecule has 0 radical (unpaired) electrons. The van der Waals surface area contributed by atoms with Gasteiger partial charge < -0.3 is 26.6 Å². The van der Waals surface area contributed by atoms with Crippen molar-refractivity contribution in [2.24, 2.45) is 17.4 Å². The molecule has 11 heteroatoms. The minimum absolute atomic E-state index is 0.141. The maximum Gasteiger partial charge on any atom is 0.354 e. The number of amides is 3. The number of carbonyl (C=O) groups is 2. The molecule has 2 fully saturated rings. The van der Waals surface area contributed by atoms with E-state index in [1.54, 1.807) is 35.9 Å². The zero-order valence-corrected chi connectivity index (χ0v) is 22.4. The molecule has 206 valence electrons. The summed E-state index contributed by atoms with van der Waals surface area (Å²) in [6.07, 6.45) is 6.08. The number of hydrogen-bond acceptors (Lipinski definition) is 7. The summed E-state index contributed by atoms with van der Waals surface area (Å²) in [5, 5.41) is 6.31. The van der Waals surface area contributed by atoms with Crippen LogP contribution in [-0.2, 0) is 11.2 Å².